The summed E-state index contributed by atoms with van der Waals surface area (Å²) in [5, 5.41) is 4.30. The molecular weight excluding hydrogens is 260 g/mol. The van der Waals surface area contributed by atoms with Crippen molar-refractivity contribution < 1.29 is 4.79 Å². The first kappa shape index (κ1) is 10.6. The molecule has 1 unspecified atom stereocenters. The van der Waals surface area contributed by atoms with Crippen molar-refractivity contribution in [3.63, 3.8) is 0 Å². The Kier molecular flexibility index (Phi) is 2.79. The Balaban J connectivity index is 2.03. The number of nitrogens with two attached hydrogens (primary N) is 1. The van der Waals surface area contributed by atoms with Crippen LogP contribution in [0.3, 0.4) is 0 Å². The van der Waals surface area contributed by atoms with Crippen LogP contribution in [-0.2, 0) is 18.4 Å². The van der Waals surface area contributed by atoms with E-state index in [1.165, 1.54) is 0 Å². The molecule has 0 bridgehead atoms. The normalized spacial score (nSPS) is 21.3. The average molecular weight is 273 g/mol. The molecule has 0 radical (unpaired) electrons. The fourth-order valence-electron chi connectivity index (χ4n) is 1.76. The van der Waals surface area contributed by atoms with Gasteiger partial charge < -0.3 is 5.73 Å². The van der Waals surface area contributed by atoms with E-state index in [9.17, 15) is 4.79 Å². The lowest BCUT2D eigenvalue weighted by molar-refractivity contribution is -0.127. The Morgan fingerprint density at radius 2 is 2.53 bits per heavy atom. The molecule has 0 aliphatic carbocycles. The number of nitrogens with zero attached hydrogens (tertiary/aromatic N) is 3. The van der Waals surface area contributed by atoms with E-state index in [4.69, 9.17) is 5.73 Å². The number of amides is 1. The van der Waals surface area contributed by atoms with Crippen LogP contribution in [0.25, 0.3) is 0 Å². The number of halogens is 1. The maximum Gasteiger partial charge on any atom is 0.234 e. The fourth-order valence-corrected chi connectivity index (χ4v) is 2.26. The number of carbonyl (C=O) groups excluding carboxylic acids is 1. The number of carbonyl (C=O) groups is 1. The minimum Gasteiger partial charge on any atom is -0.368 e. The van der Waals surface area contributed by atoms with Crippen molar-refractivity contribution in [2.75, 3.05) is 6.54 Å². The van der Waals surface area contributed by atoms with Crippen LogP contribution in [0.5, 0.6) is 0 Å². The topological polar surface area (TPSA) is 64.2 Å². The number of likely N-dealkylation sites (tertiary alicyclic amines) is 1. The van der Waals surface area contributed by atoms with Crippen LogP contribution in [0.4, 0.5) is 0 Å². The molecule has 15 heavy (non-hydrogen) atoms. The second-order valence-corrected chi connectivity index (χ2v) is 4.63. The van der Waals surface area contributed by atoms with E-state index < -0.39 is 0 Å². The van der Waals surface area contributed by atoms with Crippen LogP contribution in [0.2, 0.25) is 0 Å². The third-order valence-corrected chi connectivity index (χ3v) is 3.33. The van der Waals surface area contributed by atoms with Crippen molar-refractivity contribution in [1.29, 1.82) is 0 Å². The lowest BCUT2D eigenvalue weighted by atomic mass is 10.0. The first-order chi connectivity index (χ1) is 7.08. The van der Waals surface area contributed by atoms with E-state index in [1.54, 1.807) is 4.68 Å². The van der Waals surface area contributed by atoms with Gasteiger partial charge >= 0.3 is 0 Å². The summed E-state index contributed by atoms with van der Waals surface area (Å²) in [6.45, 7) is 1.59. The van der Waals surface area contributed by atoms with Crippen molar-refractivity contribution in [3.8, 4) is 0 Å². The third kappa shape index (κ3) is 2.05. The fraction of sp³-hybridized carbons (Fsp3) is 0.556. The molecule has 1 aromatic rings. The lowest BCUT2D eigenvalue weighted by Crippen LogP contribution is -2.54. The molecule has 6 heteroatoms. The summed E-state index contributed by atoms with van der Waals surface area (Å²) >= 11 is 3.43. The van der Waals surface area contributed by atoms with Gasteiger partial charge in [-0.05, 0) is 22.4 Å². The highest BCUT2D eigenvalue weighted by molar-refractivity contribution is 9.10. The molecule has 0 spiro atoms. The van der Waals surface area contributed by atoms with Crippen LogP contribution in [-0.4, -0.2) is 33.2 Å². The molecular formula is C9H13BrN4O. The molecule has 0 aromatic carbocycles. The summed E-state index contributed by atoms with van der Waals surface area (Å²) in [7, 11) is 1.87. The van der Waals surface area contributed by atoms with Crippen molar-refractivity contribution in [2.45, 2.75) is 19.0 Å². The number of rotatable bonds is 3. The van der Waals surface area contributed by atoms with E-state index in [2.05, 4.69) is 21.0 Å². The molecule has 2 heterocycles. The maximum atomic E-state index is 11.0. The van der Waals surface area contributed by atoms with Crippen LogP contribution >= 0.6 is 15.9 Å². The number of primary amides is 1. The average Bonchev–Trinajstić information content (AvgIpc) is 2.38. The quantitative estimate of drug-likeness (QED) is 0.858. The number of hydrogen-bond acceptors (Lipinski definition) is 3. The van der Waals surface area contributed by atoms with Gasteiger partial charge in [0.2, 0.25) is 5.91 Å². The smallest absolute Gasteiger partial charge is 0.234 e. The van der Waals surface area contributed by atoms with Crippen LogP contribution in [0, 0.1) is 0 Å². The van der Waals surface area contributed by atoms with Gasteiger partial charge in [0.1, 0.15) is 0 Å². The van der Waals surface area contributed by atoms with Crippen LogP contribution in [0.1, 0.15) is 12.1 Å². The standard InChI is InChI=1S/C9H13BrN4O/c1-13-4-6(10)7(12-13)5-14-3-2-8(14)9(11)15/h4,8H,2-3,5H2,1H3,(H2,11,15). The largest absolute Gasteiger partial charge is 0.368 e. The van der Waals surface area contributed by atoms with Gasteiger partial charge in [-0.2, -0.15) is 5.10 Å². The Morgan fingerprint density at radius 1 is 1.80 bits per heavy atom. The van der Waals surface area contributed by atoms with Crippen molar-refractivity contribution in [2.24, 2.45) is 12.8 Å². The van der Waals surface area contributed by atoms with Gasteiger partial charge in [-0.1, -0.05) is 0 Å². The summed E-state index contributed by atoms with van der Waals surface area (Å²) in [4.78, 5) is 13.1. The summed E-state index contributed by atoms with van der Waals surface area (Å²) in [6, 6.07) is -0.112. The lowest BCUT2D eigenvalue weighted by Gasteiger charge is -2.38. The number of aromatic nitrogens is 2. The Labute approximate surface area is 96.4 Å². The zero-order valence-corrected chi connectivity index (χ0v) is 10.1. The van der Waals surface area contributed by atoms with Gasteiger partial charge in [0.25, 0.3) is 0 Å². The van der Waals surface area contributed by atoms with Crippen molar-refractivity contribution >= 4 is 21.8 Å². The van der Waals surface area contributed by atoms with Gasteiger partial charge in [-0.25, -0.2) is 0 Å². The molecule has 1 amide bonds. The first-order valence-corrected chi connectivity index (χ1v) is 5.58. The molecule has 2 rings (SSSR count). The SMILES string of the molecule is Cn1cc(Br)c(CN2CCC2C(N)=O)n1. The minimum absolute atomic E-state index is 0.112. The summed E-state index contributed by atoms with van der Waals surface area (Å²) in [6.07, 6.45) is 2.76. The molecule has 5 nitrogen and oxygen atoms in total. The molecule has 1 aliphatic rings. The zero-order valence-electron chi connectivity index (χ0n) is 8.48. The Morgan fingerprint density at radius 3 is 2.93 bits per heavy atom. The highest BCUT2D eigenvalue weighted by Gasteiger charge is 2.33. The molecule has 1 fully saturated rings. The highest BCUT2D eigenvalue weighted by atomic mass is 79.9. The predicted molar refractivity (Wildman–Crippen MR) is 58.9 cm³/mol. The molecule has 0 saturated carbocycles. The minimum atomic E-state index is -0.242. The zero-order chi connectivity index (χ0) is 11.0. The van der Waals surface area contributed by atoms with Crippen molar-refractivity contribution in [1.82, 2.24) is 14.7 Å². The van der Waals surface area contributed by atoms with Gasteiger partial charge in [-0.15, -0.1) is 0 Å². The molecule has 82 valence electrons. The van der Waals surface area contributed by atoms with Gasteiger partial charge in [0.05, 0.1) is 16.2 Å². The van der Waals surface area contributed by atoms with Gasteiger partial charge in [0.15, 0.2) is 0 Å². The maximum absolute atomic E-state index is 11.0. The third-order valence-electron chi connectivity index (χ3n) is 2.67. The van der Waals surface area contributed by atoms with E-state index in [0.717, 1.165) is 23.1 Å². The summed E-state index contributed by atoms with van der Waals surface area (Å²) < 4.78 is 2.72. The van der Waals surface area contributed by atoms with E-state index in [1.807, 2.05) is 18.1 Å². The Hall–Kier alpha value is -0.880. The molecule has 2 N–H and O–H groups in total. The molecule has 1 atom stereocenters. The summed E-state index contributed by atoms with van der Waals surface area (Å²) in [5.74, 6) is -0.242. The molecule has 1 saturated heterocycles. The first-order valence-electron chi connectivity index (χ1n) is 4.79. The molecule has 1 aliphatic heterocycles. The summed E-state index contributed by atoms with van der Waals surface area (Å²) in [5.41, 5.74) is 6.21. The van der Waals surface area contributed by atoms with Crippen LogP contribution < -0.4 is 5.73 Å². The van der Waals surface area contributed by atoms with E-state index in [0.29, 0.717) is 6.54 Å². The van der Waals surface area contributed by atoms with Crippen LogP contribution in [0.15, 0.2) is 10.7 Å². The molecule has 1 aromatic heterocycles. The van der Waals surface area contributed by atoms with Gasteiger partial charge in [-0.3, -0.25) is 14.4 Å². The van der Waals surface area contributed by atoms with Crippen molar-refractivity contribution in [3.05, 3.63) is 16.4 Å². The predicted octanol–water partition coefficient (Wildman–Crippen LogP) is 0.242. The van der Waals surface area contributed by atoms with E-state index in [-0.39, 0.29) is 11.9 Å². The second-order valence-electron chi connectivity index (χ2n) is 3.77. The monoisotopic (exact) mass is 272 g/mol. The number of aryl methyl sites for hydroxylation is 1. The Bertz CT molecular complexity index is 389. The van der Waals surface area contributed by atoms with Gasteiger partial charge in [0, 0.05) is 26.3 Å². The van der Waals surface area contributed by atoms with E-state index >= 15 is 0 Å². The number of hydrogen-bond donors (Lipinski definition) is 1. The highest BCUT2D eigenvalue weighted by Crippen LogP contribution is 2.23. The second kappa shape index (κ2) is 3.94.